The summed E-state index contributed by atoms with van der Waals surface area (Å²) in [4.78, 5) is 0.186. The van der Waals surface area contributed by atoms with Gasteiger partial charge < -0.3 is 5.32 Å². The summed E-state index contributed by atoms with van der Waals surface area (Å²) in [5.74, 6) is 0.265. The maximum Gasteiger partial charge on any atom is 0.242 e. The minimum absolute atomic E-state index is 0.0443. The summed E-state index contributed by atoms with van der Waals surface area (Å²) in [6, 6.07) is 4.78. The van der Waals surface area contributed by atoms with Gasteiger partial charge in [0.05, 0.1) is 14.4 Å². The Morgan fingerprint density at radius 2 is 2.21 bits per heavy atom. The van der Waals surface area contributed by atoms with Gasteiger partial charge in [0.2, 0.25) is 10.0 Å². The number of hydrogen-bond donors (Lipinski definition) is 2. The summed E-state index contributed by atoms with van der Waals surface area (Å²) in [5.41, 5.74) is 0. The van der Waals surface area contributed by atoms with E-state index in [4.69, 9.17) is 11.6 Å². The third-order valence-corrected chi connectivity index (χ3v) is 6.49. The Labute approximate surface area is 127 Å². The Hall–Kier alpha value is -0.140. The second kappa shape index (κ2) is 6.10. The summed E-state index contributed by atoms with van der Waals surface area (Å²) in [6.45, 7) is 3.69. The molecule has 2 N–H and O–H groups in total. The van der Waals surface area contributed by atoms with Crippen LogP contribution in [0.5, 0.6) is 0 Å². The molecule has 0 radical (unpaired) electrons. The summed E-state index contributed by atoms with van der Waals surface area (Å²) in [6.07, 6.45) is 0.790. The average Bonchev–Trinajstić information content (AvgIpc) is 2.35. The Kier molecular flexibility index (Phi) is 4.89. The molecule has 0 bridgehead atoms. The number of rotatable bonds is 3. The average molecular weight is 368 g/mol. The minimum atomic E-state index is -3.56. The van der Waals surface area contributed by atoms with Gasteiger partial charge in [-0.1, -0.05) is 24.6 Å². The van der Waals surface area contributed by atoms with Gasteiger partial charge in [-0.25, -0.2) is 13.1 Å². The predicted molar refractivity (Wildman–Crippen MR) is 79.9 cm³/mol. The fraction of sp³-hybridized carbons (Fsp3) is 0.500. The molecule has 1 fully saturated rings. The number of benzene rings is 1. The maximum atomic E-state index is 12.4. The normalized spacial score (nSPS) is 24.4. The first-order chi connectivity index (χ1) is 8.92. The first kappa shape index (κ1) is 15.3. The minimum Gasteiger partial charge on any atom is -0.316 e. The highest BCUT2D eigenvalue weighted by Crippen LogP contribution is 2.29. The van der Waals surface area contributed by atoms with E-state index in [1.165, 1.54) is 0 Å². The van der Waals surface area contributed by atoms with Gasteiger partial charge in [-0.15, -0.1) is 0 Å². The molecule has 7 heteroatoms. The van der Waals surface area contributed by atoms with Crippen LogP contribution in [0.15, 0.2) is 27.6 Å². The van der Waals surface area contributed by atoms with E-state index >= 15 is 0 Å². The number of hydrogen-bond acceptors (Lipinski definition) is 3. The van der Waals surface area contributed by atoms with Crippen LogP contribution < -0.4 is 10.0 Å². The van der Waals surface area contributed by atoms with E-state index in [0.29, 0.717) is 9.50 Å². The Bertz CT molecular complexity index is 565. The summed E-state index contributed by atoms with van der Waals surface area (Å²) in [7, 11) is -3.56. The molecule has 1 aromatic carbocycles. The highest BCUT2D eigenvalue weighted by atomic mass is 79.9. The molecule has 0 aliphatic carbocycles. The fourth-order valence-electron chi connectivity index (χ4n) is 2.14. The quantitative estimate of drug-likeness (QED) is 0.862. The van der Waals surface area contributed by atoms with Crippen LogP contribution in [0, 0.1) is 5.92 Å². The first-order valence-corrected chi connectivity index (χ1v) is 8.74. The number of piperidine rings is 1. The van der Waals surface area contributed by atoms with Crippen LogP contribution in [-0.4, -0.2) is 27.5 Å². The molecule has 0 amide bonds. The lowest BCUT2D eigenvalue weighted by molar-refractivity contribution is 0.328. The van der Waals surface area contributed by atoms with E-state index in [0.717, 1.165) is 19.5 Å². The standard InChI is InChI=1S/C12H16BrClN2O2S/c1-8-7-15-6-5-10(8)16-19(17,18)11-4-2-3-9(14)12(11)13/h2-4,8,10,15-16H,5-7H2,1H3. The molecular formula is C12H16BrClN2O2S. The molecule has 0 spiro atoms. The van der Waals surface area contributed by atoms with Crippen molar-refractivity contribution in [3.8, 4) is 0 Å². The van der Waals surface area contributed by atoms with Crippen LogP contribution >= 0.6 is 27.5 Å². The summed E-state index contributed by atoms with van der Waals surface area (Å²) in [5, 5.41) is 3.64. The highest BCUT2D eigenvalue weighted by molar-refractivity contribution is 9.10. The zero-order valence-corrected chi connectivity index (χ0v) is 13.6. The largest absolute Gasteiger partial charge is 0.316 e. The topological polar surface area (TPSA) is 58.2 Å². The number of nitrogens with one attached hydrogen (secondary N) is 2. The van der Waals surface area contributed by atoms with E-state index < -0.39 is 10.0 Å². The van der Waals surface area contributed by atoms with Crippen molar-refractivity contribution in [2.45, 2.75) is 24.3 Å². The van der Waals surface area contributed by atoms with Crippen LogP contribution in [0.25, 0.3) is 0 Å². The van der Waals surface area contributed by atoms with Crippen molar-refractivity contribution in [1.82, 2.24) is 10.0 Å². The van der Waals surface area contributed by atoms with Crippen molar-refractivity contribution in [2.75, 3.05) is 13.1 Å². The van der Waals surface area contributed by atoms with E-state index in [-0.39, 0.29) is 16.9 Å². The Morgan fingerprint density at radius 3 is 2.89 bits per heavy atom. The van der Waals surface area contributed by atoms with Gasteiger partial charge in [0.15, 0.2) is 0 Å². The zero-order valence-electron chi connectivity index (χ0n) is 10.5. The molecule has 2 rings (SSSR count). The van der Waals surface area contributed by atoms with Crippen molar-refractivity contribution < 1.29 is 8.42 Å². The van der Waals surface area contributed by atoms with Gasteiger partial charge in [-0.05, 0) is 53.5 Å². The van der Waals surface area contributed by atoms with E-state index in [2.05, 4.69) is 26.0 Å². The molecule has 1 aliphatic heterocycles. The lowest BCUT2D eigenvalue weighted by atomic mass is 9.97. The monoisotopic (exact) mass is 366 g/mol. The SMILES string of the molecule is CC1CNCCC1NS(=O)(=O)c1cccc(Cl)c1Br. The zero-order chi connectivity index (χ0) is 14.0. The second-order valence-electron chi connectivity index (χ2n) is 4.75. The molecular weight excluding hydrogens is 352 g/mol. The number of sulfonamides is 1. The third kappa shape index (κ3) is 3.49. The Balaban J connectivity index is 2.25. The third-order valence-electron chi connectivity index (χ3n) is 3.30. The summed E-state index contributed by atoms with van der Waals surface area (Å²) >= 11 is 9.17. The van der Waals surface area contributed by atoms with E-state index in [1.807, 2.05) is 6.92 Å². The van der Waals surface area contributed by atoms with Crippen molar-refractivity contribution in [1.29, 1.82) is 0 Å². The molecule has 0 saturated carbocycles. The van der Waals surface area contributed by atoms with Crippen molar-refractivity contribution >= 4 is 37.6 Å². The van der Waals surface area contributed by atoms with Crippen LogP contribution in [0.2, 0.25) is 5.02 Å². The van der Waals surface area contributed by atoms with Crippen molar-refractivity contribution in [3.63, 3.8) is 0 Å². The molecule has 0 aromatic heterocycles. The van der Waals surface area contributed by atoms with Crippen LogP contribution in [0.3, 0.4) is 0 Å². The lowest BCUT2D eigenvalue weighted by Gasteiger charge is -2.30. The van der Waals surface area contributed by atoms with Gasteiger partial charge in [0, 0.05) is 6.04 Å². The van der Waals surface area contributed by atoms with Gasteiger partial charge in [-0.3, -0.25) is 0 Å². The van der Waals surface area contributed by atoms with Crippen LogP contribution in [0.4, 0.5) is 0 Å². The molecule has 1 saturated heterocycles. The highest BCUT2D eigenvalue weighted by Gasteiger charge is 2.28. The number of halogens is 2. The molecule has 19 heavy (non-hydrogen) atoms. The molecule has 1 heterocycles. The van der Waals surface area contributed by atoms with Gasteiger partial charge in [0.25, 0.3) is 0 Å². The summed E-state index contributed by atoms with van der Waals surface area (Å²) < 4.78 is 28.0. The maximum absolute atomic E-state index is 12.4. The molecule has 2 unspecified atom stereocenters. The van der Waals surface area contributed by atoms with Crippen LogP contribution in [0.1, 0.15) is 13.3 Å². The molecule has 2 atom stereocenters. The van der Waals surface area contributed by atoms with Crippen molar-refractivity contribution in [2.24, 2.45) is 5.92 Å². The molecule has 4 nitrogen and oxygen atoms in total. The molecule has 106 valence electrons. The lowest BCUT2D eigenvalue weighted by Crippen LogP contribution is -2.48. The van der Waals surface area contributed by atoms with Gasteiger partial charge >= 0.3 is 0 Å². The van der Waals surface area contributed by atoms with Crippen molar-refractivity contribution in [3.05, 3.63) is 27.7 Å². The fourth-order valence-corrected chi connectivity index (χ4v) is 4.76. The molecule has 1 aromatic rings. The molecule has 1 aliphatic rings. The second-order valence-corrected chi connectivity index (χ2v) is 7.63. The predicted octanol–water partition coefficient (Wildman–Crippen LogP) is 2.38. The first-order valence-electron chi connectivity index (χ1n) is 6.09. The smallest absolute Gasteiger partial charge is 0.242 e. The van der Waals surface area contributed by atoms with Crippen LogP contribution in [-0.2, 0) is 10.0 Å². The van der Waals surface area contributed by atoms with Gasteiger partial charge in [-0.2, -0.15) is 0 Å². The van der Waals surface area contributed by atoms with E-state index in [9.17, 15) is 8.42 Å². The van der Waals surface area contributed by atoms with Gasteiger partial charge in [0.1, 0.15) is 0 Å². The van der Waals surface area contributed by atoms with E-state index in [1.54, 1.807) is 18.2 Å². The Morgan fingerprint density at radius 1 is 1.47 bits per heavy atom.